The number of rotatable bonds is 3. The summed E-state index contributed by atoms with van der Waals surface area (Å²) in [6.07, 6.45) is 2.33. The number of pyridine rings is 1. The van der Waals surface area contributed by atoms with Crippen LogP contribution in [0.1, 0.15) is 9.67 Å². The van der Waals surface area contributed by atoms with Crippen molar-refractivity contribution in [1.29, 1.82) is 0 Å². The van der Waals surface area contributed by atoms with Crippen LogP contribution in [0.15, 0.2) is 27.7 Å². The lowest BCUT2D eigenvalue weighted by Crippen LogP contribution is -1.79. The summed E-state index contributed by atoms with van der Waals surface area (Å²) < 4.78 is 0.646. The predicted molar refractivity (Wildman–Crippen MR) is 65.9 cm³/mol. The Hall–Kier alpha value is -0.620. The van der Waals surface area contributed by atoms with Gasteiger partial charge in [0.05, 0.1) is 5.02 Å². The second-order valence-electron chi connectivity index (χ2n) is 2.65. The summed E-state index contributed by atoms with van der Waals surface area (Å²) >= 11 is 14.2. The number of aldehydes is 1. The number of halogens is 2. The summed E-state index contributed by atoms with van der Waals surface area (Å²) in [6.45, 7) is 0. The lowest BCUT2D eigenvalue weighted by atomic mass is 10.5. The molecule has 2 aromatic heterocycles. The van der Waals surface area contributed by atoms with Crippen molar-refractivity contribution in [2.45, 2.75) is 9.37 Å². The molecule has 0 bridgehead atoms. The normalized spacial score (nSPS) is 10.4. The molecule has 0 amide bonds. The third-order valence-corrected chi connectivity index (χ3v) is 4.48. The van der Waals surface area contributed by atoms with Crippen LogP contribution in [0.5, 0.6) is 0 Å². The third kappa shape index (κ3) is 2.55. The fourth-order valence-electron chi connectivity index (χ4n) is 0.940. The minimum atomic E-state index is 0.217. The van der Waals surface area contributed by atoms with Crippen LogP contribution in [0, 0.1) is 0 Å². The molecule has 0 aliphatic heterocycles. The standard InChI is InChI=1S/C9H4Cl2N2OS2/c10-5-2-1-3-12-8(5)16-9-13-7(11)6(4-14)15-9/h1-4H. The highest BCUT2D eigenvalue weighted by Crippen LogP contribution is 2.35. The maximum absolute atomic E-state index is 10.6. The maximum Gasteiger partial charge on any atom is 0.163 e. The zero-order chi connectivity index (χ0) is 11.5. The highest BCUT2D eigenvalue weighted by molar-refractivity contribution is 8.01. The number of hydrogen-bond acceptors (Lipinski definition) is 5. The molecule has 82 valence electrons. The van der Waals surface area contributed by atoms with Crippen LogP contribution in [0.25, 0.3) is 0 Å². The van der Waals surface area contributed by atoms with Gasteiger partial charge in [0, 0.05) is 6.20 Å². The molecule has 3 nitrogen and oxygen atoms in total. The van der Waals surface area contributed by atoms with Crippen molar-refractivity contribution in [2.75, 3.05) is 0 Å². The second kappa shape index (κ2) is 5.14. The summed E-state index contributed by atoms with van der Waals surface area (Å²) in [7, 11) is 0. The van der Waals surface area contributed by atoms with Gasteiger partial charge in [-0.1, -0.05) is 23.2 Å². The summed E-state index contributed by atoms with van der Waals surface area (Å²) in [4.78, 5) is 19.1. The molecule has 0 aliphatic rings. The molecule has 0 aromatic carbocycles. The molecule has 0 saturated carbocycles. The lowest BCUT2D eigenvalue weighted by Gasteiger charge is -1.97. The van der Waals surface area contributed by atoms with Crippen LogP contribution in [0.3, 0.4) is 0 Å². The van der Waals surface area contributed by atoms with Gasteiger partial charge in [0.2, 0.25) is 0 Å². The summed E-state index contributed by atoms with van der Waals surface area (Å²) in [5.41, 5.74) is 0. The molecule has 2 rings (SSSR count). The van der Waals surface area contributed by atoms with E-state index in [1.807, 2.05) is 0 Å². The Morgan fingerprint density at radius 2 is 2.25 bits per heavy atom. The molecule has 2 aromatic rings. The first-order valence-corrected chi connectivity index (χ1v) is 6.49. The van der Waals surface area contributed by atoms with Crippen molar-refractivity contribution in [3.8, 4) is 0 Å². The smallest absolute Gasteiger partial charge is 0.163 e. The Kier molecular flexibility index (Phi) is 3.81. The Bertz CT molecular complexity index is 530. The number of hydrogen-bond donors (Lipinski definition) is 0. The number of carbonyl (C=O) groups excluding carboxylic acids is 1. The van der Waals surface area contributed by atoms with Gasteiger partial charge < -0.3 is 0 Å². The molecular weight excluding hydrogens is 287 g/mol. The maximum atomic E-state index is 10.6. The Balaban J connectivity index is 2.27. The molecule has 0 aliphatic carbocycles. The van der Waals surface area contributed by atoms with E-state index in [1.54, 1.807) is 18.3 Å². The first kappa shape index (κ1) is 11.9. The van der Waals surface area contributed by atoms with Gasteiger partial charge in [0.15, 0.2) is 15.8 Å². The number of nitrogens with zero attached hydrogens (tertiary/aromatic N) is 2. The Morgan fingerprint density at radius 1 is 1.44 bits per heavy atom. The van der Waals surface area contributed by atoms with Gasteiger partial charge in [-0.15, -0.1) is 11.3 Å². The molecular formula is C9H4Cl2N2OS2. The zero-order valence-corrected chi connectivity index (χ0v) is 10.8. The van der Waals surface area contributed by atoms with E-state index in [2.05, 4.69) is 9.97 Å². The van der Waals surface area contributed by atoms with Gasteiger partial charge in [-0.05, 0) is 23.9 Å². The van der Waals surface area contributed by atoms with E-state index in [9.17, 15) is 4.79 Å². The first-order chi connectivity index (χ1) is 7.70. The van der Waals surface area contributed by atoms with E-state index in [0.29, 0.717) is 25.6 Å². The molecule has 0 spiro atoms. The van der Waals surface area contributed by atoms with Crippen molar-refractivity contribution in [2.24, 2.45) is 0 Å². The average molecular weight is 291 g/mol. The molecule has 2 heterocycles. The van der Waals surface area contributed by atoms with E-state index in [0.717, 1.165) is 0 Å². The lowest BCUT2D eigenvalue weighted by molar-refractivity contribution is 0.112. The van der Waals surface area contributed by atoms with Gasteiger partial charge in [-0.3, -0.25) is 4.79 Å². The first-order valence-electron chi connectivity index (χ1n) is 4.10. The van der Waals surface area contributed by atoms with Crippen LogP contribution in [-0.4, -0.2) is 16.3 Å². The van der Waals surface area contributed by atoms with E-state index >= 15 is 0 Å². The SMILES string of the molecule is O=Cc1sc(Sc2ncccc2Cl)nc1Cl. The molecule has 0 fully saturated rings. The Labute approximate surface area is 110 Å². The van der Waals surface area contributed by atoms with Gasteiger partial charge in [-0.25, -0.2) is 9.97 Å². The van der Waals surface area contributed by atoms with E-state index in [1.165, 1.54) is 23.1 Å². The van der Waals surface area contributed by atoms with Gasteiger partial charge in [0.1, 0.15) is 9.90 Å². The molecule has 0 atom stereocenters. The molecule has 16 heavy (non-hydrogen) atoms. The number of thiazole rings is 1. The van der Waals surface area contributed by atoms with Crippen molar-refractivity contribution < 1.29 is 4.79 Å². The van der Waals surface area contributed by atoms with Gasteiger partial charge >= 0.3 is 0 Å². The monoisotopic (exact) mass is 290 g/mol. The highest BCUT2D eigenvalue weighted by atomic mass is 35.5. The van der Waals surface area contributed by atoms with Crippen molar-refractivity contribution in [1.82, 2.24) is 9.97 Å². The third-order valence-electron chi connectivity index (χ3n) is 1.61. The molecule has 7 heteroatoms. The molecule has 0 unspecified atom stereocenters. The zero-order valence-electron chi connectivity index (χ0n) is 7.68. The van der Waals surface area contributed by atoms with Crippen LogP contribution in [0.2, 0.25) is 10.2 Å². The summed E-state index contributed by atoms with van der Waals surface area (Å²) in [6, 6.07) is 3.49. The van der Waals surface area contributed by atoms with Crippen molar-refractivity contribution in [3.63, 3.8) is 0 Å². The minimum Gasteiger partial charge on any atom is -0.297 e. The number of carbonyl (C=O) groups is 1. The van der Waals surface area contributed by atoms with Crippen LogP contribution >= 0.6 is 46.3 Å². The van der Waals surface area contributed by atoms with Gasteiger partial charge in [0.25, 0.3) is 0 Å². The van der Waals surface area contributed by atoms with Crippen LogP contribution < -0.4 is 0 Å². The second-order valence-corrected chi connectivity index (χ2v) is 5.68. The van der Waals surface area contributed by atoms with Crippen molar-refractivity contribution >= 4 is 52.6 Å². The van der Waals surface area contributed by atoms with Crippen molar-refractivity contribution in [3.05, 3.63) is 33.4 Å². The minimum absolute atomic E-state index is 0.217. The molecule has 0 saturated heterocycles. The van der Waals surface area contributed by atoms with Gasteiger partial charge in [-0.2, -0.15) is 0 Å². The summed E-state index contributed by atoms with van der Waals surface area (Å²) in [5.74, 6) is 0. The topological polar surface area (TPSA) is 42.9 Å². The average Bonchev–Trinajstić information content (AvgIpc) is 2.62. The number of aromatic nitrogens is 2. The molecule has 0 radical (unpaired) electrons. The largest absolute Gasteiger partial charge is 0.297 e. The quantitative estimate of drug-likeness (QED) is 0.806. The fourth-order valence-corrected chi connectivity index (χ4v) is 3.28. The van der Waals surface area contributed by atoms with Crippen LogP contribution in [0.4, 0.5) is 0 Å². The van der Waals surface area contributed by atoms with Crippen LogP contribution in [-0.2, 0) is 0 Å². The molecule has 0 N–H and O–H groups in total. The van der Waals surface area contributed by atoms with E-state index < -0.39 is 0 Å². The fraction of sp³-hybridized carbons (Fsp3) is 0. The van der Waals surface area contributed by atoms with E-state index in [4.69, 9.17) is 23.2 Å². The predicted octanol–water partition coefficient (Wildman–Crippen LogP) is 3.81. The van der Waals surface area contributed by atoms with E-state index in [-0.39, 0.29) is 5.15 Å². The highest BCUT2D eigenvalue weighted by Gasteiger charge is 2.11. The Morgan fingerprint density at radius 3 is 2.88 bits per heavy atom. The summed E-state index contributed by atoms with van der Waals surface area (Å²) in [5, 5.41) is 1.41.